The minimum absolute atomic E-state index is 0.0167. The Bertz CT molecular complexity index is 1010. The summed E-state index contributed by atoms with van der Waals surface area (Å²) < 4.78 is 23.0. The van der Waals surface area contributed by atoms with Crippen LogP contribution in [0.5, 0.6) is 0 Å². The topological polar surface area (TPSA) is 108 Å². The molecule has 0 rings (SSSR count). The molecule has 0 aliphatic heterocycles. The summed E-state index contributed by atoms with van der Waals surface area (Å²) in [6.45, 7) is 4.36. The molecule has 0 saturated heterocycles. The van der Waals surface area contributed by atoms with Crippen molar-refractivity contribution in [2.45, 2.75) is 129 Å². The van der Waals surface area contributed by atoms with Crippen LogP contribution in [-0.2, 0) is 18.4 Å². The number of amides is 1. The smallest absolute Gasteiger partial charge is 0.268 e. The van der Waals surface area contributed by atoms with Crippen molar-refractivity contribution in [3.8, 4) is 0 Å². The van der Waals surface area contributed by atoms with Gasteiger partial charge in [0.05, 0.1) is 39.9 Å². The molecular formula is C39H69N2O6P. The third-order valence-electron chi connectivity index (χ3n) is 7.36. The van der Waals surface area contributed by atoms with E-state index in [-0.39, 0.29) is 12.5 Å². The first-order chi connectivity index (χ1) is 23.0. The molecule has 0 aromatic carbocycles. The molecule has 0 saturated carbocycles. The minimum atomic E-state index is -4.60. The molecule has 276 valence electrons. The highest BCUT2D eigenvalue weighted by atomic mass is 31.2. The second kappa shape index (κ2) is 31.0. The fourth-order valence-electron chi connectivity index (χ4n) is 4.44. The van der Waals surface area contributed by atoms with E-state index in [1.54, 1.807) is 6.08 Å². The number of rotatable bonds is 31. The van der Waals surface area contributed by atoms with Gasteiger partial charge in [0.1, 0.15) is 13.2 Å². The van der Waals surface area contributed by atoms with Crippen LogP contribution < -0.4 is 10.2 Å². The summed E-state index contributed by atoms with van der Waals surface area (Å²) in [7, 11) is 1.20. The Morgan fingerprint density at radius 1 is 0.750 bits per heavy atom. The molecule has 8 nitrogen and oxygen atoms in total. The fraction of sp³-hybridized carbons (Fsp3) is 0.667. The molecule has 9 heteroatoms. The van der Waals surface area contributed by atoms with Crippen LogP contribution in [0.15, 0.2) is 72.9 Å². The van der Waals surface area contributed by atoms with Gasteiger partial charge in [-0.1, -0.05) is 112 Å². The molecule has 48 heavy (non-hydrogen) atoms. The average molecular weight is 693 g/mol. The highest BCUT2D eigenvalue weighted by Gasteiger charge is 2.23. The van der Waals surface area contributed by atoms with Gasteiger partial charge in [0, 0.05) is 6.42 Å². The van der Waals surface area contributed by atoms with E-state index >= 15 is 0 Å². The van der Waals surface area contributed by atoms with Crippen molar-refractivity contribution in [2.75, 3.05) is 40.9 Å². The summed E-state index contributed by atoms with van der Waals surface area (Å²) in [5, 5.41) is 13.6. The van der Waals surface area contributed by atoms with E-state index < -0.39 is 26.6 Å². The van der Waals surface area contributed by atoms with Crippen LogP contribution in [0.3, 0.4) is 0 Å². The van der Waals surface area contributed by atoms with Gasteiger partial charge in [-0.25, -0.2) is 0 Å². The molecule has 0 aromatic heterocycles. The van der Waals surface area contributed by atoms with E-state index in [0.717, 1.165) is 96.3 Å². The van der Waals surface area contributed by atoms with E-state index in [2.05, 4.69) is 79.9 Å². The predicted molar refractivity (Wildman–Crippen MR) is 200 cm³/mol. The Kier molecular flexibility index (Phi) is 29.6. The molecule has 0 aliphatic carbocycles. The number of nitrogens with zero attached hydrogens (tertiary/aromatic N) is 1. The van der Waals surface area contributed by atoms with Gasteiger partial charge in [0.25, 0.3) is 7.82 Å². The first kappa shape index (κ1) is 45.9. The highest BCUT2D eigenvalue weighted by Crippen LogP contribution is 2.38. The molecule has 0 radical (unpaired) electrons. The van der Waals surface area contributed by atoms with Crippen LogP contribution in [0.25, 0.3) is 0 Å². The number of carbonyl (C=O) groups is 1. The maximum atomic E-state index is 12.7. The Morgan fingerprint density at radius 3 is 1.92 bits per heavy atom. The van der Waals surface area contributed by atoms with Gasteiger partial charge in [0.2, 0.25) is 5.91 Å². The maximum Gasteiger partial charge on any atom is 0.268 e. The van der Waals surface area contributed by atoms with Crippen molar-refractivity contribution in [2.24, 2.45) is 0 Å². The first-order valence-corrected chi connectivity index (χ1v) is 19.8. The first-order valence-electron chi connectivity index (χ1n) is 18.3. The van der Waals surface area contributed by atoms with E-state index in [9.17, 15) is 19.4 Å². The lowest BCUT2D eigenvalue weighted by Gasteiger charge is -2.29. The monoisotopic (exact) mass is 692 g/mol. The van der Waals surface area contributed by atoms with E-state index in [1.165, 1.54) is 0 Å². The lowest BCUT2D eigenvalue weighted by molar-refractivity contribution is -0.870. The van der Waals surface area contributed by atoms with Crippen molar-refractivity contribution >= 4 is 13.7 Å². The standard InChI is InChI=1S/C39H69N2O6P/c1-6-8-10-12-14-16-18-19-20-21-23-25-27-29-31-33-39(43)40-37(36-47-48(44,45)46-35-34-41(3,4)5)38(42)32-30-28-26-24-22-17-15-13-11-9-7-2/h8,10-11,13-14,16,19-20,22,24,30,32,37-38,42H,6-7,9,12,15,17-18,21,23,25-29,31,33-36H2,1-5H3,(H-,40,43,44,45)/b10-8-,13-11+,16-14-,20-19-,24-22+,32-30+. The number of likely N-dealkylation sites (N-methyl/N-ethyl adjacent to an activating group) is 1. The van der Waals surface area contributed by atoms with E-state index in [0.29, 0.717) is 17.4 Å². The van der Waals surface area contributed by atoms with Gasteiger partial charge in [-0.15, -0.1) is 0 Å². The zero-order valence-corrected chi connectivity index (χ0v) is 31.8. The third kappa shape index (κ3) is 32.5. The number of hydrogen-bond donors (Lipinski definition) is 2. The summed E-state index contributed by atoms with van der Waals surface area (Å²) in [5.41, 5.74) is 0. The molecule has 0 spiro atoms. The third-order valence-corrected chi connectivity index (χ3v) is 8.32. The fourth-order valence-corrected chi connectivity index (χ4v) is 5.16. The normalized spacial score (nSPS) is 15.6. The summed E-state index contributed by atoms with van der Waals surface area (Å²) in [6.07, 6.45) is 39.5. The molecular weight excluding hydrogens is 623 g/mol. The van der Waals surface area contributed by atoms with Gasteiger partial charge in [-0.3, -0.25) is 9.36 Å². The average Bonchev–Trinajstić information content (AvgIpc) is 3.02. The largest absolute Gasteiger partial charge is 0.756 e. The Labute approximate surface area is 294 Å². The van der Waals surface area contributed by atoms with Crippen molar-refractivity contribution in [1.29, 1.82) is 0 Å². The molecule has 0 fully saturated rings. The van der Waals surface area contributed by atoms with Crippen LogP contribution >= 0.6 is 7.82 Å². The summed E-state index contributed by atoms with van der Waals surface area (Å²) >= 11 is 0. The lowest BCUT2D eigenvalue weighted by atomic mass is 10.1. The zero-order chi connectivity index (χ0) is 35.8. The minimum Gasteiger partial charge on any atom is -0.756 e. The number of aliphatic hydroxyl groups excluding tert-OH is 1. The molecule has 3 unspecified atom stereocenters. The molecule has 2 N–H and O–H groups in total. The van der Waals surface area contributed by atoms with Crippen LogP contribution in [0, 0.1) is 0 Å². The number of allylic oxidation sites excluding steroid dienone is 11. The molecule has 0 bridgehead atoms. The van der Waals surface area contributed by atoms with Gasteiger partial charge < -0.3 is 28.8 Å². The van der Waals surface area contributed by atoms with Crippen LogP contribution in [0.4, 0.5) is 0 Å². The Morgan fingerprint density at radius 2 is 1.29 bits per heavy atom. The quantitative estimate of drug-likeness (QED) is 0.0326. The maximum absolute atomic E-state index is 12.7. The Hall–Kier alpha value is -2.06. The van der Waals surface area contributed by atoms with Gasteiger partial charge in [0.15, 0.2) is 0 Å². The number of carbonyl (C=O) groups excluding carboxylic acids is 1. The number of aliphatic hydroxyl groups is 1. The van der Waals surface area contributed by atoms with E-state index in [4.69, 9.17) is 9.05 Å². The number of quaternary nitrogens is 1. The van der Waals surface area contributed by atoms with Crippen molar-refractivity contribution in [3.05, 3.63) is 72.9 Å². The summed E-state index contributed by atoms with van der Waals surface area (Å²) in [6, 6.07) is -0.919. The van der Waals surface area contributed by atoms with Crippen LogP contribution in [0.2, 0.25) is 0 Å². The highest BCUT2D eigenvalue weighted by molar-refractivity contribution is 7.45. The summed E-state index contributed by atoms with van der Waals surface area (Å²) in [4.78, 5) is 25.1. The molecule has 0 heterocycles. The van der Waals surface area contributed by atoms with Crippen molar-refractivity contribution < 1.29 is 32.9 Å². The van der Waals surface area contributed by atoms with Gasteiger partial charge >= 0.3 is 0 Å². The van der Waals surface area contributed by atoms with Crippen molar-refractivity contribution in [3.63, 3.8) is 0 Å². The number of phosphoric acid groups is 1. The number of unbranched alkanes of at least 4 members (excludes halogenated alkanes) is 8. The van der Waals surface area contributed by atoms with Crippen LogP contribution in [0.1, 0.15) is 117 Å². The zero-order valence-electron chi connectivity index (χ0n) is 30.9. The molecule has 0 aromatic rings. The predicted octanol–water partition coefficient (Wildman–Crippen LogP) is 8.66. The second-order valence-electron chi connectivity index (χ2n) is 13.2. The lowest BCUT2D eigenvalue weighted by Crippen LogP contribution is -2.45. The Balaban J connectivity index is 4.65. The molecule has 0 aliphatic rings. The number of hydrogen-bond acceptors (Lipinski definition) is 6. The van der Waals surface area contributed by atoms with Crippen LogP contribution in [-0.4, -0.2) is 68.5 Å². The van der Waals surface area contributed by atoms with Gasteiger partial charge in [-0.2, -0.15) is 0 Å². The second-order valence-corrected chi connectivity index (χ2v) is 14.6. The number of nitrogens with one attached hydrogen (secondary N) is 1. The molecule has 3 atom stereocenters. The van der Waals surface area contributed by atoms with Gasteiger partial charge in [-0.05, 0) is 70.6 Å². The number of phosphoric ester groups is 1. The van der Waals surface area contributed by atoms with E-state index in [1.807, 2.05) is 27.2 Å². The molecule has 1 amide bonds. The van der Waals surface area contributed by atoms with Crippen molar-refractivity contribution in [1.82, 2.24) is 5.32 Å². The summed E-state index contributed by atoms with van der Waals surface area (Å²) in [5.74, 6) is -0.236. The SMILES string of the molecule is CC/C=C\C/C=C\C/C=C\CCCCCCCC(=O)NC(COP(=O)([O-])OCC[N+](C)(C)C)C(O)/C=C/CC/C=C/CC/C=C/CCC.